The van der Waals surface area contributed by atoms with Crippen LogP contribution in [0.3, 0.4) is 0 Å². The average Bonchev–Trinajstić information content (AvgIpc) is 2.56. The number of nitrogens with zero attached hydrogens (tertiary/aromatic N) is 3. The summed E-state index contributed by atoms with van der Waals surface area (Å²) in [6.45, 7) is 3.73. The fourth-order valence-corrected chi connectivity index (χ4v) is 3.01. The number of carbonyl (C=O) groups excluding carboxylic acids is 1. The molecule has 120 valence electrons. The summed E-state index contributed by atoms with van der Waals surface area (Å²) in [6, 6.07) is 9.15. The van der Waals surface area contributed by atoms with E-state index in [-0.39, 0.29) is 5.91 Å². The van der Waals surface area contributed by atoms with Crippen molar-refractivity contribution in [2.45, 2.75) is 25.9 Å². The Bertz CT molecular complexity index is 690. The van der Waals surface area contributed by atoms with E-state index in [0.717, 1.165) is 29.8 Å². The molecule has 2 heterocycles. The summed E-state index contributed by atoms with van der Waals surface area (Å²) in [5.41, 5.74) is 8.50. The predicted octanol–water partition coefficient (Wildman–Crippen LogP) is 1.46. The number of rotatable bonds is 5. The molecule has 1 aromatic carbocycles. The molecule has 2 N–H and O–H groups in total. The second-order valence-electron chi connectivity index (χ2n) is 5.47. The molecule has 6 heteroatoms. The molecule has 0 saturated heterocycles. The van der Waals surface area contributed by atoms with Crippen molar-refractivity contribution in [3.63, 3.8) is 0 Å². The normalized spacial score (nSPS) is 15.7. The van der Waals surface area contributed by atoms with Gasteiger partial charge in [0.1, 0.15) is 12.4 Å². The molecule has 0 saturated carbocycles. The molecule has 6 nitrogen and oxygen atoms in total. The van der Waals surface area contributed by atoms with Crippen LogP contribution < -0.4 is 10.5 Å². The lowest BCUT2D eigenvalue weighted by atomic mass is 9.99. The zero-order valence-electron chi connectivity index (χ0n) is 13.1. The Labute approximate surface area is 135 Å². The fourth-order valence-electron chi connectivity index (χ4n) is 3.01. The van der Waals surface area contributed by atoms with Gasteiger partial charge in [0.2, 0.25) is 11.8 Å². The van der Waals surface area contributed by atoms with E-state index in [1.807, 2.05) is 37.3 Å². The van der Waals surface area contributed by atoms with Crippen LogP contribution in [0.4, 0.5) is 0 Å². The summed E-state index contributed by atoms with van der Waals surface area (Å²) in [7, 11) is 0. The highest BCUT2D eigenvalue weighted by atomic mass is 16.5. The van der Waals surface area contributed by atoms with E-state index in [0.29, 0.717) is 19.0 Å². The van der Waals surface area contributed by atoms with Crippen molar-refractivity contribution in [3.8, 4) is 5.88 Å². The molecule has 2 aromatic rings. The van der Waals surface area contributed by atoms with Crippen LogP contribution >= 0.6 is 0 Å². The standard InChI is InChI=1S/C17H20N4O2/c1-2-23-17-13-10-21(9-8-14(13)19-11-20-17)15(16(18)22)12-6-4-3-5-7-12/h3-7,11,15H,2,8-10H2,1H3,(H2,18,22). The summed E-state index contributed by atoms with van der Waals surface area (Å²) in [5.74, 6) is 0.243. The van der Waals surface area contributed by atoms with E-state index in [9.17, 15) is 4.79 Å². The van der Waals surface area contributed by atoms with Crippen LogP contribution in [0, 0.1) is 0 Å². The zero-order valence-corrected chi connectivity index (χ0v) is 13.1. The number of nitrogens with two attached hydrogens (primary N) is 1. The largest absolute Gasteiger partial charge is 0.478 e. The number of aromatic nitrogens is 2. The summed E-state index contributed by atoms with van der Waals surface area (Å²) in [4.78, 5) is 22.7. The third kappa shape index (κ3) is 3.17. The van der Waals surface area contributed by atoms with Gasteiger partial charge in [0.05, 0.1) is 12.3 Å². The number of hydrogen-bond donors (Lipinski definition) is 1. The van der Waals surface area contributed by atoms with Gasteiger partial charge < -0.3 is 10.5 Å². The van der Waals surface area contributed by atoms with Crippen molar-refractivity contribution in [1.82, 2.24) is 14.9 Å². The molecule has 1 aliphatic heterocycles. The van der Waals surface area contributed by atoms with Gasteiger partial charge in [0, 0.05) is 25.1 Å². The highest BCUT2D eigenvalue weighted by Gasteiger charge is 2.31. The van der Waals surface area contributed by atoms with Gasteiger partial charge in [-0.05, 0) is 12.5 Å². The SMILES string of the molecule is CCOc1ncnc2c1CN(C(C(N)=O)c1ccccc1)CC2. The molecule has 1 unspecified atom stereocenters. The number of fused-ring (bicyclic) bond motifs is 1. The van der Waals surface area contributed by atoms with E-state index in [1.165, 1.54) is 6.33 Å². The molecule has 1 atom stereocenters. The average molecular weight is 312 g/mol. The topological polar surface area (TPSA) is 81.3 Å². The molecular formula is C17H20N4O2. The maximum Gasteiger partial charge on any atom is 0.239 e. The van der Waals surface area contributed by atoms with Crippen molar-refractivity contribution in [2.75, 3.05) is 13.2 Å². The highest BCUT2D eigenvalue weighted by molar-refractivity contribution is 5.81. The lowest BCUT2D eigenvalue weighted by Crippen LogP contribution is -2.41. The summed E-state index contributed by atoms with van der Waals surface area (Å²) in [5, 5.41) is 0. The zero-order chi connectivity index (χ0) is 16.2. The molecule has 0 spiro atoms. The first-order valence-electron chi connectivity index (χ1n) is 7.74. The van der Waals surface area contributed by atoms with Crippen LogP contribution in [-0.2, 0) is 17.8 Å². The van der Waals surface area contributed by atoms with Crippen molar-refractivity contribution in [1.29, 1.82) is 0 Å². The predicted molar refractivity (Wildman–Crippen MR) is 85.7 cm³/mol. The molecule has 0 fully saturated rings. The van der Waals surface area contributed by atoms with Gasteiger partial charge in [-0.15, -0.1) is 0 Å². The molecule has 1 amide bonds. The molecule has 3 rings (SSSR count). The Morgan fingerprint density at radius 3 is 2.83 bits per heavy atom. The molecular weight excluding hydrogens is 292 g/mol. The van der Waals surface area contributed by atoms with Gasteiger partial charge in [-0.25, -0.2) is 9.97 Å². The number of carbonyl (C=O) groups is 1. The fraction of sp³-hybridized carbons (Fsp3) is 0.353. The van der Waals surface area contributed by atoms with Crippen molar-refractivity contribution in [3.05, 3.63) is 53.5 Å². The third-order valence-electron chi connectivity index (χ3n) is 4.02. The van der Waals surface area contributed by atoms with Crippen molar-refractivity contribution >= 4 is 5.91 Å². The molecule has 1 aliphatic rings. The minimum atomic E-state index is -0.459. The van der Waals surface area contributed by atoms with Gasteiger partial charge in [-0.3, -0.25) is 9.69 Å². The summed E-state index contributed by atoms with van der Waals surface area (Å²) < 4.78 is 5.60. The molecule has 23 heavy (non-hydrogen) atoms. The van der Waals surface area contributed by atoms with Gasteiger partial charge in [-0.1, -0.05) is 30.3 Å². The Hall–Kier alpha value is -2.47. The number of benzene rings is 1. The second kappa shape index (κ2) is 6.75. The number of amides is 1. The van der Waals surface area contributed by atoms with E-state index in [4.69, 9.17) is 10.5 Å². The van der Waals surface area contributed by atoms with Gasteiger partial charge >= 0.3 is 0 Å². The van der Waals surface area contributed by atoms with Gasteiger partial charge in [-0.2, -0.15) is 0 Å². The third-order valence-corrected chi connectivity index (χ3v) is 4.02. The van der Waals surface area contributed by atoms with Crippen LogP contribution in [0.5, 0.6) is 5.88 Å². The van der Waals surface area contributed by atoms with Gasteiger partial charge in [0.25, 0.3) is 0 Å². The van der Waals surface area contributed by atoms with Crippen molar-refractivity contribution < 1.29 is 9.53 Å². The molecule has 0 radical (unpaired) electrons. The first-order valence-corrected chi connectivity index (χ1v) is 7.74. The summed E-state index contributed by atoms with van der Waals surface area (Å²) >= 11 is 0. The Balaban J connectivity index is 1.92. The highest BCUT2D eigenvalue weighted by Crippen LogP contribution is 2.30. The second-order valence-corrected chi connectivity index (χ2v) is 5.47. The van der Waals surface area contributed by atoms with Crippen molar-refractivity contribution in [2.24, 2.45) is 5.73 Å². The summed E-state index contributed by atoms with van der Waals surface area (Å²) in [6.07, 6.45) is 2.27. The molecule has 0 aliphatic carbocycles. The van der Waals surface area contributed by atoms with Crippen LogP contribution in [0.15, 0.2) is 36.7 Å². The van der Waals surface area contributed by atoms with Crippen LogP contribution in [0.1, 0.15) is 29.8 Å². The minimum absolute atomic E-state index is 0.352. The number of ether oxygens (including phenoxy) is 1. The van der Waals surface area contributed by atoms with Crippen LogP contribution in [0.25, 0.3) is 0 Å². The molecule has 1 aromatic heterocycles. The number of primary amides is 1. The van der Waals surface area contributed by atoms with E-state index < -0.39 is 6.04 Å². The Kier molecular flexibility index (Phi) is 4.52. The first kappa shape index (κ1) is 15.4. The van der Waals surface area contributed by atoms with Crippen LogP contribution in [-0.4, -0.2) is 33.9 Å². The number of hydrogen-bond acceptors (Lipinski definition) is 5. The first-order chi connectivity index (χ1) is 11.2. The van der Waals surface area contributed by atoms with E-state index in [1.54, 1.807) is 0 Å². The lowest BCUT2D eigenvalue weighted by molar-refractivity contribution is -0.123. The van der Waals surface area contributed by atoms with Crippen LogP contribution in [0.2, 0.25) is 0 Å². The molecule has 0 bridgehead atoms. The Morgan fingerprint density at radius 2 is 2.13 bits per heavy atom. The Morgan fingerprint density at radius 1 is 1.35 bits per heavy atom. The van der Waals surface area contributed by atoms with Gasteiger partial charge in [0.15, 0.2) is 0 Å². The van der Waals surface area contributed by atoms with E-state index >= 15 is 0 Å². The van der Waals surface area contributed by atoms with E-state index in [2.05, 4.69) is 14.9 Å². The quantitative estimate of drug-likeness (QED) is 0.904. The minimum Gasteiger partial charge on any atom is -0.478 e. The monoisotopic (exact) mass is 312 g/mol. The maximum absolute atomic E-state index is 12.0. The maximum atomic E-state index is 12.0. The smallest absolute Gasteiger partial charge is 0.239 e. The lowest BCUT2D eigenvalue weighted by Gasteiger charge is -2.34.